The molecule has 0 amide bonds. The van der Waals surface area contributed by atoms with Crippen LogP contribution in [0.1, 0.15) is 24.5 Å². The van der Waals surface area contributed by atoms with Gasteiger partial charge in [-0.2, -0.15) is 0 Å². The number of hydrogen-bond acceptors (Lipinski definition) is 3. The average Bonchev–Trinajstić information content (AvgIpc) is 2.28. The molecular formula is C12H16N2O. The van der Waals surface area contributed by atoms with Gasteiger partial charge in [-0.15, -0.1) is 0 Å². The summed E-state index contributed by atoms with van der Waals surface area (Å²) in [6.45, 7) is 2.94. The van der Waals surface area contributed by atoms with E-state index in [9.17, 15) is 0 Å². The van der Waals surface area contributed by atoms with Crippen molar-refractivity contribution in [3.05, 3.63) is 29.3 Å². The summed E-state index contributed by atoms with van der Waals surface area (Å²) in [7, 11) is 2.12. The fourth-order valence-corrected chi connectivity index (χ4v) is 2.07. The van der Waals surface area contributed by atoms with Crippen molar-refractivity contribution < 1.29 is 5.21 Å². The number of benzene rings is 1. The first-order valence-electron chi connectivity index (χ1n) is 5.25. The highest BCUT2D eigenvalue weighted by molar-refractivity contribution is 5.98. The van der Waals surface area contributed by atoms with Gasteiger partial charge in [0.05, 0.1) is 5.71 Å². The predicted octanol–water partition coefficient (Wildman–Crippen LogP) is 2.27. The largest absolute Gasteiger partial charge is 0.411 e. The molecule has 3 nitrogen and oxygen atoms in total. The Balaban J connectivity index is 2.42. The van der Waals surface area contributed by atoms with Crippen LogP contribution in [-0.2, 0) is 6.42 Å². The van der Waals surface area contributed by atoms with E-state index in [0.717, 1.165) is 18.5 Å². The van der Waals surface area contributed by atoms with E-state index in [1.165, 1.54) is 17.7 Å². The molecule has 0 atom stereocenters. The van der Waals surface area contributed by atoms with Crippen molar-refractivity contribution in [1.29, 1.82) is 0 Å². The molecule has 15 heavy (non-hydrogen) atoms. The molecule has 0 aliphatic carbocycles. The molecule has 0 saturated heterocycles. The molecule has 2 rings (SSSR count). The molecule has 1 aliphatic rings. The maximum Gasteiger partial charge on any atom is 0.0837 e. The highest BCUT2D eigenvalue weighted by Crippen LogP contribution is 2.26. The Morgan fingerprint density at radius 3 is 3.00 bits per heavy atom. The van der Waals surface area contributed by atoms with Crippen molar-refractivity contribution in [2.24, 2.45) is 5.16 Å². The average molecular weight is 204 g/mol. The fraction of sp³-hybridized carbons (Fsp3) is 0.417. The summed E-state index contributed by atoms with van der Waals surface area (Å²) in [5.74, 6) is 0. The van der Waals surface area contributed by atoms with Crippen LogP contribution in [0.3, 0.4) is 0 Å². The molecule has 1 aliphatic heterocycles. The number of rotatable bonds is 1. The smallest absolute Gasteiger partial charge is 0.0837 e. The second-order valence-electron chi connectivity index (χ2n) is 4.05. The van der Waals surface area contributed by atoms with E-state index in [1.807, 2.05) is 13.0 Å². The van der Waals surface area contributed by atoms with Crippen LogP contribution in [0.25, 0.3) is 0 Å². The third kappa shape index (κ3) is 1.82. The number of anilines is 1. The van der Waals surface area contributed by atoms with Gasteiger partial charge < -0.3 is 10.1 Å². The van der Waals surface area contributed by atoms with E-state index < -0.39 is 0 Å². The van der Waals surface area contributed by atoms with E-state index >= 15 is 0 Å². The van der Waals surface area contributed by atoms with Crippen LogP contribution in [0.2, 0.25) is 0 Å². The van der Waals surface area contributed by atoms with Gasteiger partial charge in [-0.1, -0.05) is 11.2 Å². The molecule has 0 radical (unpaired) electrons. The Bertz CT molecular complexity index is 399. The summed E-state index contributed by atoms with van der Waals surface area (Å²) in [5.41, 5.74) is 4.33. The van der Waals surface area contributed by atoms with Gasteiger partial charge in [0, 0.05) is 19.3 Å². The summed E-state index contributed by atoms with van der Waals surface area (Å²) in [6.07, 6.45) is 2.31. The molecule has 0 fully saturated rings. The lowest BCUT2D eigenvalue weighted by molar-refractivity contribution is 0.319. The van der Waals surface area contributed by atoms with Crippen LogP contribution in [0.4, 0.5) is 5.69 Å². The highest BCUT2D eigenvalue weighted by Gasteiger charge is 2.14. The minimum absolute atomic E-state index is 0.672. The van der Waals surface area contributed by atoms with Crippen LogP contribution in [-0.4, -0.2) is 24.5 Å². The molecule has 0 spiro atoms. The first kappa shape index (κ1) is 10.0. The Morgan fingerprint density at radius 2 is 2.27 bits per heavy atom. The minimum Gasteiger partial charge on any atom is -0.411 e. The minimum atomic E-state index is 0.672. The van der Waals surface area contributed by atoms with E-state index in [2.05, 4.69) is 29.2 Å². The van der Waals surface area contributed by atoms with Crippen molar-refractivity contribution in [3.63, 3.8) is 0 Å². The second-order valence-corrected chi connectivity index (χ2v) is 4.05. The van der Waals surface area contributed by atoms with Crippen LogP contribution in [0, 0.1) is 0 Å². The molecule has 1 aromatic carbocycles. The Kier molecular flexibility index (Phi) is 2.62. The van der Waals surface area contributed by atoms with Crippen molar-refractivity contribution in [2.45, 2.75) is 19.8 Å². The van der Waals surface area contributed by atoms with Crippen molar-refractivity contribution in [2.75, 3.05) is 18.5 Å². The quantitative estimate of drug-likeness (QED) is 0.433. The van der Waals surface area contributed by atoms with Gasteiger partial charge in [0.1, 0.15) is 0 Å². The standard InChI is InChI=1S/C12H16N2O/c1-9(13-15)10-5-6-12-11(8-10)4-3-7-14(12)2/h5-6,8,15H,3-4,7H2,1-2H3/b13-9-. The van der Waals surface area contributed by atoms with E-state index in [0.29, 0.717) is 5.71 Å². The SMILES string of the molecule is C/C(=N/O)c1ccc2c(c1)CCCN2C. The molecule has 0 unspecified atom stereocenters. The molecule has 80 valence electrons. The van der Waals surface area contributed by atoms with Crippen LogP contribution in [0.15, 0.2) is 23.4 Å². The summed E-state index contributed by atoms with van der Waals surface area (Å²) >= 11 is 0. The summed E-state index contributed by atoms with van der Waals surface area (Å²) in [6, 6.07) is 6.24. The van der Waals surface area contributed by atoms with E-state index in [-0.39, 0.29) is 0 Å². The first-order valence-corrected chi connectivity index (χ1v) is 5.25. The Hall–Kier alpha value is -1.51. The molecule has 0 bridgehead atoms. The van der Waals surface area contributed by atoms with Crippen molar-refractivity contribution in [3.8, 4) is 0 Å². The topological polar surface area (TPSA) is 35.8 Å². The van der Waals surface area contributed by atoms with Crippen LogP contribution >= 0.6 is 0 Å². The molecular weight excluding hydrogens is 188 g/mol. The molecule has 3 heteroatoms. The number of oxime groups is 1. The number of aryl methyl sites for hydroxylation is 1. The number of nitrogens with zero attached hydrogens (tertiary/aromatic N) is 2. The maximum atomic E-state index is 8.72. The van der Waals surface area contributed by atoms with Gasteiger partial charge in [-0.3, -0.25) is 0 Å². The Morgan fingerprint density at radius 1 is 1.47 bits per heavy atom. The normalized spacial score (nSPS) is 16.4. The van der Waals surface area contributed by atoms with Crippen LogP contribution in [0.5, 0.6) is 0 Å². The summed E-state index contributed by atoms with van der Waals surface area (Å²) < 4.78 is 0. The predicted molar refractivity (Wildman–Crippen MR) is 62.0 cm³/mol. The van der Waals surface area contributed by atoms with Crippen LogP contribution < -0.4 is 4.90 Å². The number of hydrogen-bond donors (Lipinski definition) is 1. The Labute approximate surface area is 90.0 Å². The lowest BCUT2D eigenvalue weighted by Crippen LogP contribution is -2.24. The van der Waals surface area contributed by atoms with E-state index in [1.54, 1.807) is 0 Å². The molecule has 1 aromatic rings. The zero-order valence-corrected chi connectivity index (χ0v) is 9.20. The molecule has 1 N–H and O–H groups in total. The van der Waals surface area contributed by atoms with Gasteiger partial charge in [0.2, 0.25) is 0 Å². The fourth-order valence-electron chi connectivity index (χ4n) is 2.07. The van der Waals surface area contributed by atoms with Gasteiger partial charge in [-0.05, 0) is 43.0 Å². The van der Waals surface area contributed by atoms with Gasteiger partial charge in [-0.25, -0.2) is 0 Å². The number of fused-ring (bicyclic) bond motifs is 1. The highest BCUT2D eigenvalue weighted by atomic mass is 16.4. The third-order valence-corrected chi connectivity index (χ3v) is 3.00. The molecule has 0 saturated carbocycles. The van der Waals surface area contributed by atoms with E-state index in [4.69, 9.17) is 5.21 Å². The zero-order valence-electron chi connectivity index (χ0n) is 9.20. The first-order chi connectivity index (χ1) is 7.22. The molecule has 1 heterocycles. The lowest BCUT2D eigenvalue weighted by atomic mass is 9.98. The van der Waals surface area contributed by atoms with Crippen molar-refractivity contribution >= 4 is 11.4 Å². The summed E-state index contributed by atoms with van der Waals surface area (Å²) in [5, 5.41) is 12.0. The maximum absolute atomic E-state index is 8.72. The molecule has 0 aromatic heterocycles. The van der Waals surface area contributed by atoms with Crippen molar-refractivity contribution in [1.82, 2.24) is 0 Å². The van der Waals surface area contributed by atoms with Gasteiger partial charge in [0.25, 0.3) is 0 Å². The third-order valence-electron chi connectivity index (χ3n) is 3.00. The van der Waals surface area contributed by atoms with Gasteiger partial charge in [0.15, 0.2) is 0 Å². The lowest BCUT2D eigenvalue weighted by Gasteiger charge is -2.27. The monoisotopic (exact) mass is 204 g/mol. The summed E-state index contributed by atoms with van der Waals surface area (Å²) in [4.78, 5) is 2.27. The van der Waals surface area contributed by atoms with Gasteiger partial charge >= 0.3 is 0 Å². The zero-order chi connectivity index (χ0) is 10.8. The second kappa shape index (κ2) is 3.93.